The lowest BCUT2D eigenvalue weighted by Crippen LogP contribution is -2.38. The van der Waals surface area contributed by atoms with Crippen molar-refractivity contribution in [2.75, 3.05) is 44.5 Å². The van der Waals surface area contributed by atoms with Crippen molar-refractivity contribution in [2.24, 2.45) is 10.9 Å². The van der Waals surface area contributed by atoms with Gasteiger partial charge in [0.2, 0.25) is 0 Å². The van der Waals surface area contributed by atoms with Crippen LogP contribution in [0, 0.1) is 5.92 Å². The second-order valence-corrected chi connectivity index (χ2v) is 7.25. The molecule has 0 radical (unpaired) electrons. The van der Waals surface area contributed by atoms with Gasteiger partial charge < -0.3 is 15.4 Å². The molecule has 0 saturated carbocycles. The van der Waals surface area contributed by atoms with Crippen molar-refractivity contribution in [3.63, 3.8) is 0 Å². The third kappa shape index (κ3) is 8.42. The molecule has 130 valence electrons. The lowest BCUT2D eigenvalue weighted by atomic mass is 10.2. The molecule has 0 amide bonds. The van der Waals surface area contributed by atoms with E-state index in [1.807, 2.05) is 41.7 Å². The first-order valence-electron chi connectivity index (χ1n) is 7.98. The average Bonchev–Trinajstić information content (AvgIpc) is 2.58. The van der Waals surface area contributed by atoms with E-state index in [1.54, 1.807) is 7.11 Å². The molecule has 0 heterocycles. The van der Waals surface area contributed by atoms with Gasteiger partial charge in [0.1, 0.15) is 5.75 Å². The predicted molar refractivity (Wildman–Crippen MR) is 105 cm³/mol. The van der Waals surface area contributed by atoms with Crippen molar-refractivity contribution in [2.45, 2.75) is 18.7 Å². The molecule has 0 saturated heterocycles. The molecular weight excluding hydrogens is 326 g/mol. The summed E-state index contributed by atoms with van der Waals surface area (Å²) in [4.78, 5) is 5.87. The van der Waals surface area contributed by atoms with E-state index in [-0.39, 0.29) is 0 Å². The molecule has 0 aliphatic carbocycles. The van der Waals surface area contributed by atoms with Gasteiger partial charge in [0, 0.05) is 36.0 Å². The first-order chi connectivity index (χ1) is 11.2. The summed E-state index contributed by atoms with van der Waals surface area (Å²) < 4.78 is 5.39. The predicted octanol–water partition coefficient (Wildman–Crippen LogP) is 3.34. The maximum Gasteiger partial charge on any atom is 0.191 e. The topological polar surface area (TPSA) is 45.7 Å². The number of thioether (sulfide) groups is 2. The standard InChI is InChI=1S/C17H29N3OS2/c1-5-18-17(19-10-11-22-4)20-12-14(2)13-23-16-9-7-6-8-15(16)21-3/h6-9,14H,5,10-13H2,1-4H3,(H2,18,19,20). The van der Waals surface area contributed by atoms with Gasteiger partial charge in [-0.25, -0.2) is 0 Å². The molecule has 1 unspecified atom stereocenters. The molecule has 1 aromatic rings. The second-order valence-electron chi connectivity index (χ2n) is 5.21. The summed E-state index contributed by atoms with van der Waals surface area (Å²) in [5, 5.41) is 6.65. The number of methoxy groups -OCH3 is 1. The van der Waals surface area contributed by atoms with Crippen LogP contribution in [0.3, 0.4) is 0 Å². The zero-order valence-corrected chi connectivity index (χ0v) is 16.2. The van der Waals surface area contributed by atoms with E-state index >= 15 is 0 Å². The minimum atomic E-state index is 0.501. The van der Waals surface area contributed by atoms with Gasteiger partial charge in [0.15, 0.2) is 5.96 Å². The highest BCUT2D eigenvalue weighted by Crippen LogP contribution is 2.29. The van der Waals surface area contributed by atoms with E-state index in [0.29, 0.717) is 5.92 Å². The van der Waals surface area contributed by atoms with E-state index in [4.69, 9.17) is 4.74 Å². The molecule has 1 rings (SSSR count). The van der Waals surface area contributed by atoms with Crippen LogP contribution in [0.2, 0.25) is 0 Å². The van der Waals surface area contributed by atoms with Gasteiger partial charge in [-0.2, -0.15) is 11.8 Å². The van der Waals surface area contributed by atoms with Gasteiger partial charge in [-0.3, -0.25) is 4.99 Å². The maximum absolute atomic E-state index is 5.39. The van der Waals surface area contributed by atoms with Gasteiger partial charge in [-0.15, -0.1) is 11.8 Å². The first-order valence-corrected chi connectivity index (χ1v) is 10.4. The van der Waals surface area contributed by atoms with Gasteiger partial charge >= 0.3 is 0 Å². The summed E-state index contributed by atoms with van der Waals surface area (Å²) in [6, 6.07) is 8.16. The summed E-state index contributed by atoms with van der Waals surface area (Å²) in [6.07, 6.45) is 2.11. The molecular formula is C17H29N3OS2. The fourth-order valence-corrected chi connectivity index (χ4v) is 3.23. The number of hydrogen-bond acceptors (Lipinski definition) is 4. The van der Waals surface area contributed by atoms with Crippen LogP contribution in [0.5, 0.6) is 5.75 Å². The maximum atomic E-state index is 5.39. The third-order valence-corrected chi connectivity index (χ3v) is 5.09. The van der Waals surface area contributed by atoms with Crippen LogP contribution in [-0.4, -0.2) is 50.5 Å². The van der Waals surface area contributed by atoms with Gasteiger partial charge in [-0.05, 0) is 31.2 Å². The number of rotatable bonds is 10. The summed E-state index contributed by atoms with van der Waals surface area (Å²) in [5.41, 5.74) is 0. The molecule has 23 heavy (non-hydrogen) atoms. The smallest absolute Gasteiger partial charge is 0.191 e. The van der Waals surface area contributed by atoms with E-state index in [1.165, 1.54) is 4.90 Å². The SMILES string of the molecule is CCNC(=NCC(C)CSc1ccccc1OC)NCCSC. The number of aliphatic imine (C=N–C) groups is 1. The fraction of sp³-hybridized carbons (Fsp3) is 0.588. The quantitative estimate of drug-likeness (QED) is 0.292. The minimum Gasteiger partial charge on any atom is -0.496 e. The van der Waals surface area contributed by atoms with Gasteiger partial charge in [0.05, 0.1) is 7.11 Å². The number of benzene rings is 1. The molecule has 0 aliphatic rings. The molecule has 2 N–H and O–H groups in total. The molecule has 0 aromatic heterocycles. The van der Waals surface area contributed by atoms with E-state index < -0.39 is 0 Å². The summed E-state index contributed by atoms with van der Waals surface area (Å²) in [6.45, 7) is 6.97. The highest BCUT2D eigenvalue weighted by molar-refractivity contribution is 7.99. The molecule has 0 aliphatic heterocycles. The van der Waals surface area contributed by atoms with Crippen molar-refractivity contribution in [3.8, 4) is 5.75 Å². The van der Waals surface area contributed by atoms with Crippen molar-refractivity contribution < 1.29 is 4.74 Å². The lowest BCUT2D eigenvalue weighted by Gasteiger charge is -2.14. The van der Waals surface area contributed by atoms with Crippen LogP contribution in [0.25, 0.3) is 0 Å². The third-order valence-electron chi connectivity index (χ3n) is 3.10. The van der Waals surface area contributed by atoms with Crippen LogP contribution in [0.1, 0.15) is 13.8 Å². The van der Waals surface area contributed by atoms with Crippen LogP contribution in [-0.2, 0) is 0 Å². The van der Waals surface area contributed by atoms with Gasteiger partial charge in [0.25, 0.3) is 0 Å². The summed E-state index contributed by atoms with van der Waals surface area (Å²) in [5.74, 6) is 4.47. The highest BCUT2D eigenvalue weighted by Gasteiger charge is 2.07. The Kier molecular flexibility index (Phi) is 10.8. The normalized spacial score (nSPS) is 12.8. The molecule has 0 fully saturated rings. The first kappa shape index (κ1) is 20.0. The monoisotopic (exact) mass is 355 g/mol. The van der Waals surface area contributed by atoms with E-state index in [9.17, 15) is 0 Å². The average molecular weight is 356 g/mol. The summed E-state index contributed by atoms with van der Waals surface area (Å²) >= 11 is 3.66. The van der Waals surface area contributed by atoms with Crippen molar-refractivity contribution in [1.82, 2.24) is 10.6 Å². The Morgan fingerprint density at radius 2 is 2.09 bits per heavy atom. The molecule has 1 atom stereocenters. The molecule has 0 spiro atoms. The highest BCUT2D eigenvalue weighted by atomic mass is 32.2. The number of ether oxygens (including phenoxy) is 1. The Morgan fingerprint density at radius 1 is 1.30 bits per heavy atom. The molecule has 1 aromatic carbocycles. The van der Waals surface area contributed by atoms with Crippen molar-refractivity contribution in [3.05, 3.63) is 24.3 Å². The fourth-order valence-electron chi connectivity index (χ4n) is 1.88. The Labute approximate surface area is 149 Å². The van der Waals surface area contributed by atoms with Crippen LogP contribution in [0.4, 0.5) is 0 Å². The lowest BCUT2D eigenvalue weighted by molar-refractivity contribution is 0.405. The van der Waals surface area contributed by atoms with Gasteiger partial charge in [-0.1, -0.05) is 19.1 Å². The van der Waals surface area contributed by atoms with Crippen LogP contribution >= 0.6 is 23.5 Å². The van der Waals surface area contributed by atoms with E-state index in [0.717, 1.165) is 42.8 Å². The Hall–Kier alpha value is -1.01. The zero-order chi connectivity index (χ0) is 16.9. The molecule has 4 nitrogen and oxygen atoms in total. The zero-order valence-electron chi connectivity index (χ0n) is 14.6. The van der Waals surface area contributed by atoms with E-state index in [2.05, 4.69) is 41.8 Å². The summed E-state index contributed by atoms with van der Waals surface area (Å²) in [7, 11) is 1.72. The number of para-hydroxylation sites is 1. The minimum absolute atomic E-state index is 0.501. The number of nitrogens with zero attached hydrogens (tertiary/aromatic N) is 1. The Bertz CT molecular complexity index is 469. The molecule has 6 heteroatoms. The number of hydrogen-bond donors (Lipinski definition) is 2. The van der Waals surface area contributed by atoms with Crippen LogP contribution < -0.4 is 15.4 Å². The number of guanidine groups is 1. The van der Waals surface area contributed by atoms with Crippen molar-refractivity contribution in [1.29, 1.82) is 0 Å². The Morgan fingerprint density at radius 3 is 2.78 bits per heavy atom. The largest absolute Gasteiger partial charge is 0.496 e. The van der Waals surface area contributed by atoms with Crippen molar-refractivity contribution >= 4 is 29.5 Å². The molecule has 0 bridgehead atoms. The Balaban J connectivity index is 2.44. The van der Waals surface area contributed by atoms with Crippen LogP contribution in [0.15, 0.2) is 34.2 Å². The second kappa shape index (κ2) is 12.4. The number of nitrogens with one attached hydrogen (secondary N) is 2.